The summed E-state index contributed by atoms with van der Waals surface area (Å²) in [5.41, 5.74) is 4.41. The van der Waals surface area contributed by atoms with Crippen LogP contribution in [0, 0.1) is 0 Å². The lowest BCUT2D eigenvalue weighted by Gasteiger charge is -2.16. The van der Waals surface area contributed by atoms with Gasteiger partial charge in [0, 0.05) is 5.56 Å². The van der Waals surface area contributed by atoms with Gasteiger partial charge in [-0.3, -0.25) is 0 Å². The van der Waals surface area contributed by atoms with Crippen molar-refractivity contribution in [2.45, 2.75) is 13.2 Å². The summed E-state index contributed by atoms with van der Waals surface area (Å²) in [6.07, 6.45) is 0. The van der Waals surface area contributed by atoms with Gasteiger partial charge in [-0.1, -0.05) is 97.1 Å². The molecule has 0 heterocycles. The van der Waals surface area contributed by atoms with Crippen LogP contribution in [0.5, 0.6) is 17.2 Å². The molecule has 0 aliphatic rings. The van der Waals surface area contributed by atoms with Gasteiger partial charge in [-0.25, -0.2) is 0 Å². The molecule has 0 aromatic heterocycles. The summed E-state index contributed by atoms with van der Waals surface area (Å²) < 4.78 is 18.3. The summed E-state index contributed by atoms with van der Waals surface area (Å²) in [5.74, 6) is 2.48. The van der Waals surface area contributed by atoms with E-state index in [1.165, 1.54) is 0 Å². The van der Waals surface area contributed by atoms with Crippen LogP contribution in [0.1, 0.15) is 11.1 Å². The van der Waals surface area contributed by atoms with Gasteiger partial charge < -0.3 is 14.2 Å². The first-order valence-corrected chi connectivity index (χ1v) is 12.8. The third-order valence-corrected chi connectivity index (χ3v) is 6.79. The number of fused-ring (bicyclic) bond motifs is 2. The van der Waals surface area contributed by atoms with Crippen molar-refractivity contribution in [1.82, 2.24) is 0 Å². The normalized spacial score (nSPS) is 11.0. The molecule has 0 bridgehead atoms. The fourth-order valence-corrected chi connectivity index (χ4v) is 4.86. The maximum Gasteiger partial charge on any atom is 0.127 e. The summed E-state index contributed by atoms with van der Waals surface area (Å²) in [6, 6.07) is 43.5. The first-order valence-electron chi connectivity index (χ1n) is 12.8. The van der Waals surface area contributed by atoms with Gasteiger partial charge in [-0.2, -0.15) is 0 Å². The molecule has 3 heteroatoms. The van der Waals surface area contributed by atoms with E-state index in [-0.39, 0.29) is 0 Å². The molecule has 38 heavy (non-hydrogen) atoms. The van der Waals surface area contributed by atoms with E-state index in [0.29, 0.717) is 13.2 Å². The lowest BCUT2D eigenvalue weighted by atomic mass is 9.93. The highest BCUT2D eigenvalue weighted by molar-refractivity contribution is 6.08. The summed E-state index contributed by atoms with van der Waals surface area (Å²) in [7, 11) is 1.72. The topological polar surface area (TPSA) is 27.7 Å². The van der Waals surface area contributed by atoms with Crippen molar-refractivity contribution in [2.75, 3.05) is 7.11 Å². The number of methoxy groups -OCH3 is 1. The zero-order chi connectivity index (χ0) is 25.7. The van der Waals surface area contributed by atoms with E-state index < -0.39 is 0 Å². The Morgan fingerprint density at radius 1 is 0.500 bits per heavy atom. The molecule has 0 amide bonds. The molecule has 186 valence electrons. The summed E-state index contributed by atoms with van der Waals surface area (Å²) in [4.78, 5) is 0. The highest BCUT2D eigenvalue weighted by atomic mass is 16.5. The highest BCUT2D eigenvalue weighted by Crippen LogP contribution is 2.42. The third-order valence-electron chi connectivity index (χ3n) is 6.79. The average molecular weight is 497 g/mol. The molecule has 0 N–H and O–H groups in total. The molecule has 0 radical (unpaired) electrons. The van der Waals surface area contributed by atoms with Gasteiger partial charge >= 0.3 is 0 Å². The molecule has 0 aliphatic carbocycles. The first kappa shape index (κ1) is 23.6. The van der Waals surface area contributed by atoms with Gasteiger partial charge in [0.1, 0.15) is 30.5 Å². The number of benzene rings is 6. The predicted octanol–water partition coefficient (Wildman–Crippen LogP) is 8.83. The van der Waals surface area contributed by atoms with Gasteiger partial charge in [0.15, 0.2) is 0 Å². The Morgan fingerprint density at radius 2 is 1.05 bits per heavy atom. The minimum Gasteiger partial charge on any atom is -0.496 e. The highest BCUT2D eigenvalue weighted by Gasteiger charge is 2.15. The maximum absolute atomic E-state index is 6.18. The Labute approximate surface area is 222 Å². The molecule has 0 spiro atoms. The molecule has 0 saturated carbocycles. The van der Waals surface area contributed by atoms with Gasteiger partial charge in [-0.05, 0) is 68.6 Å². The van der Waals surface area contributed by atoms with Crippen molar-refractivity contribution >= 4 is 21.5 Å². The minimum atomic E-state index is 0.516. The van der Waals surface area contributed by atoms with E-state index in [1.807, 2.05) is 54.6 Å². The molecule has 0 atom stereocenters. The second-order valence-corrected chi connectivity index (χ2v) is 9.26. The summed E-state index contributed by atoms with van der Waals surface area (Å²) in [5, 5.41) is 4.46. The summed E-state index contributed by atoms with van der Waals surface area (Å²) in [6.45, 7) is 1.04. The number of rotatable bonds is 8. The second-order valence-electron chi connectivity index (χ2n) is 9.26. The summed E-state index contributed by atoms with van der Waals surface area (Å²) >= 11 is 0. The zero-order valence-corrected chi connectivity index (χ0v) is 21.3. The molecule has 6 aromatic rings. The Hall–Kier alpha value is -4.76. The lowest BCUT2D eigenvalue weighted by Crippen LogP contribution is -1.96. The van der Waals surface area contributed by atoms with Crippen LogP contribution in [0.4, 0.5) is 0 Å². The number of hydrogen-bond donors (Lipinski definition) is 0. The molecule has 3 nitrogen and oxygen atoms in total. The van der Waals surface area contributed by atoms with Crippen molar-refractivity contribution < 1.29 is 14.2 Å². The largest absolute Gasteiger partial charge is 0.496 e. The maximum atomic E-state index is 6.18. The van der Waals surface area contributed by atoms with Crippen LogP contribution in [0.3, 0.4) is 0 Å². The van der Waals surface area contributed by atoms with Crippen molar-refractivity contribution in [1.29, 1.82) is 0 Å². The quantitative estimate of drug-likeness (QED) is 0.211. The van der Waals surface area contributed by atoms with Crippen LogP contribution in [-0.4, -0.2) is 7.11 Å². The molecule has 0 aliphatic heterocycles. The van der Waals surface area contributed by atoms with E-state index in [0.717, 1.165) is 61.0 Å². The Balaban J connectivity index is 1.42. The average Bonchev–Trinajstić information content (AvgIpc) is 2.99. The van der Waals surface area contributed by atoms with Crippen LogP contribution in [0.25, 0.3) is 32.7 Å². The Morgan fingerprint density at radius 3 is 1.66 bits per heavy atom. The van der Waals surface area contributed by atoms with Crippen LogP contribution < -0.4 is 14.2 Å². The van der Waals surface area contributed by atoms with Gasteiger partial charge in [0.05, 0.1) is 7.11 Å². The van der Waals surface area contributed by atoms with Crippen molar-refractivity contribution in [3.63, 3.8) is 0 Å². The van der Waals surface area contributed by atoms with Crippen molar-refractivity contribution in [2.24, 2.45) is 0 Å². The Bertz CT molecular complexity index is 1690. The first-order chi connectivity index (χ1) is 18.8. The fourth-order valence-electron chi connectivity index (χ4n) is 4.86. The molecule has 6 aromatic carbocycles. The fraction of sp³-hybridized carbons (Fsp3) is 0.0857. The molecule has 0 saturated heterocycles. The Kier molecular flexibility index (Phi) is 6.65. The van der Waals surface area contributed by atoms with Crippen molar-refractivity contribution in [3.8, 4) is 28.4 Å². The van der Waals surface area contributed by atoms with Gasteiger partial charge in [-0.15, -0.1) is 0 Å². The van der Waals surface area contributed by atoms with Crippen LogP contribution in [-0.2, 0) is 13.2 Å². The number of hydrogen-bond acceptors (Lipinski definition) is 3. The molecule has 0 fully saturated rings. The standard InChI is InChI=1S/C35H28O3/c1-36-34-20-17-28-16-19-30(38-24-26-11-6-3-7-12-26)22-33(28)35(34)31-14-8-13-27-15-18-29(21-32(27)31)37-23-25-9-4-2-5-10-25/h2-22H,23-24H2,1H3. The lowest BCUT2D eigenvalue weighted by molar-refractivity contribution is 0.306. The third kappa shape index (κ3) is 4.91. The molecule has 0 unspecified atom stereocenters. The monoisotopic (exact) mass is 496 g/mol. The molecule has 6 rings (SSSR count). The smallest absolute Gasteiger partial charge is 0.127 e. The van der Waals surface area contributed by atoms with E-state index in [9.17, 15) is 0 Å². The molecular weight excluding hydrogens is 468 g/mol. The van der Waals surface area contributed by atoms with Crippen LogP contribution in [0.15, 0.2) is 127 Å². The van der Waals surface area contributed by atoms with E-state index in [1.54, 1.807) is 7.11 Å². The van der Waals surface area contributed by atoms with Crippen molar-refractivity contribution in [3.05, 3.63) is 139 Å². The predicted molar refractivity (Wildman–Crippen MR) is 155 cm³/mol. The van der Waals surface area contributed by atoms with E-state index in [2.05, 4.69) is 72.8 Å². The zero-order valence-electron chi connectivity index (χ0n) is 21.3. The second kappa shape index (κ2) is 10.7. The SMILES string of the molecule is COc1ccc2ccc(OCc3ccccc3)cc2c1-c1cccc2ccc(OCc3ccccc3)cc12. The van der Waals surface area contributed by atoms with Gasteiger partial charge in [0.25, 0.3) is 0 Å². The number of ether oxygens (including phenoxy) is 3. The molecular formula is C35H28O3. The van der Waals surface area contributed by atoms with E-state index in [4.69, 9.17) is 14.2 Å². The van der Waals surface area contributed by atoms with Crippen LogP contribution >= 0.6 is 0 Å². The van der Waals surface area contributed by atoms with E-state index >= 15 is 0 Å². The van der Waals surface area contributed by atoms with Gasteiger partial charge in [0.2, 0.25) is 0 Å². The minimum absolute atomic E-state index is 0.516. The van der Waals surface area contributed by atoms with Crippen LogP contribution in [0.2, 0.25) is 0 Å².